The standard InChI is InChI=1S/C7H6O3.C4H10N2/c8-6-4-2-1-3-5(6)7(9)10;1-2-6-4-3-5-1/h1-4,8H,(H,9,10);5-6H,1-4H2. The van der Waals surface area contributed by atoms with E-state index in [0.29, 0.717) is 0 Å². The predicted molar refractivity (Wildman–Crippen MR) is 60.8 cm³/mol. The highest BCUT2D eigenvalue weighted by Crippen LogP contribution is 2.14. The molecule has 0 amide bonds. The second-order valence-corrected chi connectivity index (χ2v) is 3.32. The smallest absolute Gasteiger partial charge is 0.339 e. The Morgan fingerprint density at radius 3 is 1.88 bits per heavy atom. The van der Waals surface area contributed by atoms with Gasteiger partial charge in [0.2, 0.25) is 0 Å². The molecule has 1 fully saturated rings. The van der Waals surface area contributed by atoms with E-state index in [2.05, 4.69) is 10.6 Å². The van der Waals surface area contributed by atoms with E-state index < -0.39 is 5.97 Å². The molecule has 4 N–H and O–H groups in total. The van der Waals surface area contributed by atoms with E-state index in [9.17, 15) is 4.79 Å². The summed E-state index contributed by atoms with van der Waals surface area (Å²) in [6.45, 7) is 4.56. The first-order chi connectivity index (χ1) is 7.72. The normalized spacial score (nSPS) is 14.8. The van der Waals surface area contributed by atoms with Gasteiger partial charge in [-0.3, -0.25) is 0 Å². The Hall–Kier alpha value is -1.59. The first kappa shape index (κ1) is 12.5. The second-order valence-electron chi connectivity index (χ2n) is 3.32. The highest BCUT2D eigenvalue weighted by Gasteiger charge is 2.05. The minimum Gasteiger partial charge on any atom is -0.507 e. The van der Waals surface area contributed by atoms with Gasteiger partial charge in [-0.1, -0.05) is 12.1 Å². The number of hydrogen-bond donors (Lipinski definition) is 4. The minimum absolute atomic E-state index is 0.0671. The number of rotatable bonds is 1. The fraction of sp³-hybridized carbons (Fsp3) is 0.364. The van der Waals surface area contributed by atoms with Gasteiger partial charge in [0.25, 0.3) is 0 Å². The minimum atomic E-state index is -1.11. The summed E-state index contributed by atoms with van der Waals surface area (Å²) in [5, 5.41) is 23.8. The lowest BCUT2D eigenvalue weighted by molar-refractivity contribution is 0.0694. The molecule has 1 aromatic carbocycles. The van der Waals surface area contributed by atoms with Gasteiger partial charge >= 0.3 is 5.97 Å². The van der Waals surface area contributed by atoms with Gasteiger partial charge < -0.3 is 20.8 Å². The number of para-hydroxylation sites is 1. The van der Waals surface area contributed by atoms with Gasteiger partial charge in [0.05, 0.1) is 0 Å². The topological polar surface area (TPSA) is 81.6 Å². The molecular weight excluding hydrogens is 208 g/mol. The largest absolute Gasteiger partial charge is 0.507 e. The van der Waals surface area contributed by atoms with E-state index >= 15 is 0 Å². The summed E-state index contributed by atoms with van der Waals surface area (Å²) in [5.74, 6) is -1.31. The molecule has 0 bridgehead atoms. The molecule has 5 heteroatoms. The molecule has 88 valence electrons. The second kappa shape index (κ2) is 6.81. The lowest BCUT2D eigenvalue weighted by Crippen LogP contribution is -2.39. The quantitative estimate of drug-likeness (QED) is 0.550. The van der Waals surface area contributed by atoms with E-state index in [4.69, 9.17) is 10.2 Å². The number of benzene rings is 1. The van der Waals surface area contributed by atoms with Crippen molar-refractivity contribution in [1.29, 1.82) is 0 Å². The summed E-state index contributed by atoms with van der Waals surface area (Å²) in [6, 6.07) is 5.81. The van der Waals surface area contributed by atoms with Crippen molar-refractivity contribution in [2.45, 2.75) is 0 Å². The molecule has 0 aliphatic carbocycles. The Kier molecular flexibility index (Phi) is 5.31. The monoisotopic (exact) mass is 224 g/mol. The Balaban J connectivity index is 0.000000181. The molecule has 5 nitrogen and oxygen atoms in total. The van der Waals surface area contributed by atoms with Crippen molar-refractivity contribution in [2.75, 3.05) is 26.2 Å². The number of piperazine rings is 1. The molecule has 16 heavy (non-hydrogen) atoms. The third-order valence-electron chi connectivity index (χ3n) is 2.09. The van der Waals surface area contributed by atoms with Crippen LogP contribution < -0.4 is 10.6 Å². The van der Waals surface area contributed by atoms with Gasteiger partial charge in [-0.2, -0.15) is 0 Å². The Labute approximate surface area is 94.1 Å². The van der Waals surface area contributed by atoms with E-state index in [-0.39, 0.29) is 11.3 Å². The molecule has 1 heterocycles. The van der Waals surface area contributed by atoms with Crippen LogP contribution in [-0.2, 0) is 0 Å². The first-order valence-corrected chi connectivity index (χ1v) is 5.14. The molecule has 1 aliphatic rings. The van der Waals surface area contributed by atoms with Gasteiger partial charge in [0, 0.05) is 26.2 Å². The van der Waals surface area contributed by atoms with Crippen LogP contribution >= 0.6 is 0 Å². The fourth-order valence-corrected chi connectivity index (χ4v) is 1.26. The Morgan fingerprint density at radius 1 is 1.06 bits per heavy atom. The summed E-state index contributed by atoms with van der Waals surface area (Å²) in [7, 11) is 0. The zero-order chi connectivity index (χ0) is 11.8. The summed E-state index contributed by atoms with van der Waals surface area (Å²) in [6.07, 6.45) is 0. The maximum Gasteiger partial charge on any atom is 0.339 e. The highest BCUT2D eigenvalue weighted by molar-refractivity contribution is 5.90. The molecule has 1 aromatic rings. The molecule has 0 unspecified atom stereocenters. The number of nitrogens with one attached hydrogen (secondary N) is 2. The third kappa shape index (κ3) is 4.29. The van der Waals surface area contributed by atoms with Crippen LogP contribution in [0, 0.1) is 0 Å². The third-order valence-corrected chi connectivity index (χ3v) is 2.09. The number of carboxylic acid groups (broad SMARTS) is 1. The maximum absolute atomic E-state index is 10.3. The molecule has 0 atom stereocenters. The Bertz CT molecular complexity index is 326. The van der Waals surface area contributed by atoms with Crippen molar-refractivity contribution in [2.24, 2.45) is 0 Å². The van der Waals surface area contributed by atoms with Crippen LogP contribution in [0.3, 0.4) is 0 Å². The number of aromatic hydroxyl groups is 1. The average Bonchev–Trinajstić information content (AvgIpc) is 2.32. The molecule has 1 aliphatic heterocycles. The van der Waals surface area contributed by atoms with Crippen LogP contribution in [0.4, 0.5) is 0 Å². The first-order valence-electron chi connectivity index (χ1n) is 5.14. The van der Waals surface area contributed by atoms with E-state index in [1.54, 1.807) is 12.1 Å². The average molecular weight is 224 g/mol. The number of carbonyl (C=O) groups is 1. The summed E-state index contributed by atoms with van der Waals surface area (Å²) in [5.41, 5.74) is -0.0671. The van der Waals surface area contributed by atoms with Crippen LogP contribution in [0.5, 0.6) is 5.75 Å². The number of carboxylic acids is 1. The van der Waals surface area contributed by atoms with E-state index in [0.717, 1.165) is 26.2 Å². The predicted octanol–water partition coefficient (Wildman–Crippen LogP) is 0.270. The van der Waals surface area contributed by atoms with Crippen LogP contribution in [0.15, 0.2) is 24.3 Å². The summed E-state index contributed by atoms with van der Waals surface area (Å²) < 4.78 is 0. The number of hydrogen-bond acceptors (Lipinski definition) is 4. The maximum atomic E-state index is 10.3. The number of aromatic carboxylic acids is 1. The van der Waals surface area contributed by atoms with Crippen LogP contribution in [0.1, 0.15) is 10.4 Å². The van der Waals surface area contributed by atoms with Crippen molar-refractivity contribution >= 4 is 5.97 Å². The van der Waals surface area contributed by atoms with Crippen LogP contribution in [-0.4, -0.2) is 42.4 Å². The van der Waals surface area contributed by atoms with Crippen LogP contribution in [0.25, 0.3) is 0 Å². The molecule has 0 radical (unpaired) electrons. The van der Waals surface area contributed by atoms with Crippen LogP contribution in [0.2, 0.25) is 0 Å². The zero-order valence-electron chi connectivity index (χ0n) is 8.94. The van der Waals surface area contributed by atoms with Crippen molar-refractivity contribution in [3.05, 3.63) is 29.8 Å². The zero-order valence-corrected chi connectivity index (χ0v) is 8.94. The molecule has 1 saturated heterocycles. The molecule has 0 spiro atoms. The Morgan fingerprint density at radius 2 is 1.56 bits per heavy atom. The van der Waals surface area contributed by atoms with Gasteiger partial charge in [0.1, 0.15) is 11.3 Å². The van der Waals surface area contributed by atoms with E-state index in [1.807, 2.05) is 0 Å². The van der Waals surface area contributed by atoms with E-state index in [1.165, 1.54) is 12.1 Å². The van der Waals surface area contributed by atoms with Crippen molar-refractivity contribution < 1.29 is 15.0 Å². The van der Waals surface area contributed by atoms with Gasteiger partial charge in [-0.05, 0) is 12.1 Å². The van der Waals surface area contributed by atoms with Crippen molar-refractivity contribution in [3.63, 3.8) is 0 Å². The van der Waals surface area contributed by atoms with Gasteiger partial charge in [0.15, 0.2) is 0 Å². The SMILES string of the molecule is C1CNCCN1.O=C(O)c1ccccc1O. The molecular formula is C11H16N2O3. The molecule has 2 rings (SSSR count). The number of phenols is 1. The highest BCUT2D eigenvalue weighted by atomic mass is 16.4. The van der Waals surface area contributed by atoms with Gasteiger partial charge in [-0.15, -0.1) is 0 Å². The van der Waals surface area contributed by atoms with Crippen molar-refractivity contribution in [1.82, 2.24) is 10.6 Å². The van der Waals surface area contributed by atoms with Gasteiger partial charge in [-0.25, -0.2) is 4.79 Å². The molecule has 0 aromatic heterocycles. The van der Waals surface area contributed by atoms with Crippen molar-refractivity contribution in [3.8, 4) is 5.75 Å². The lowest BCUT2D eigenvalue weighted by atomic mass is 10.2. The lowest BCUT2D eigenvalue weighted by Gasteiger charge is -2.11. The summed E-state index contributed by atoms with van der Waals surface area (Å²) >= 11 is 0. The fourth-order valence-electron chi connectivity index (χ4n) is 1.26. The molecule has 0 saturated carbocycles. The summed E-state index contributed by atoms with van der Waals surface area (Å²) in [4.78, 5) is 10.3.